The Morgan fingerprint density at radius 2 is 1.94 bits per heavy atom. The molecular formula is C23H28N6OSi. The van der Waals surface area contributed by atoms with Crippen molar-refractivity contribution in [1.29, 1.82) is 0 Å². The van der Waals surface area contributed by atoms with Crippen molar-refractivity contribution < 1.29 is 4.79 Å². The number of hydrogen-bond donors (Lipinski definition) is 2. The molecule has 1 aliphatic carbocycles. The van der Waals surface area contributed by atoms with Crippen LogP contribution in [-0.2, 0) is 0 Å². The number of aryl methyl sites for hydroxylation is 1. The summed E-state index contributed by atoms with van der Waals surface area (Å²) in [6.07, 6.45) is 9.69. The Morgan fingerprint density at radius 3 is 2.65 bits per heavy atom. The fourth-order valence-corrected chi connectivity index (χ4v) is 4.38. The second-order valence-electron chi connectivity index (χ2n) is 9.11. The first kappa shape index (κ1) is 21.1. The maximum atomic E-state index is 12.7. The number of rotatable bonds is 3. The van der Waals surface area contributed by atoms with Gasteiger partial charge in [-0.25, -0.2) is 19.3 Å². The Balaban J connectivity index is 1.53. The number of hydrogen-bond acceptors (Lipinski definition) is 4. The third-order valence-corrected chi connectivity index (χ3v) is 6.21. The van der Waals surface area contributed by atoms with Crippen LogP contribution < -0.4 is 10.6 Å². The molecule has 1 aliphatic rings. The predicted molar refractivity (Wildman–Crippen MR) is 126 cm³/mol. The molecule has 0 atom stereocenters. The van der Waals surface area contributed by atoms with E-state index in [1.165, 1.54) is 12.8 Å². The van der Waals surface area contributed by atoms with E-state index in [4.69, 9.17) is 0 Å². The number of fused-ring (bicyclic) bond motifs is 1. The zero-order chi connectivity index (χ0) is 22.0. The maximum absolute atomic E-state index is 12.7. The molecule has 3 heterocycles. The topological polar surface area (TPSA) is 84.2 Å². The van der Waals surface area contributed by atoms with Crippen molar-refractivity contribution in [3.63, 3.8) is 0 Å². The van der Waals surface area contributed by atoms with Crippen molar-refractivity contribution in [2.45, 2.75) is 58.2 Å². The fraction of sp³-hybridized carbons (Fsp3) is 0.391. The number of nitrogens with zero attached hydrogens (tertiary/aromatic N) is 4. The lowest BCUT2D eigenvalue weighted by Crippen LogP contribution is -2.22. The Kier molecular flexibility index (Phi) is 5.79. The highest BCUT2D eigenvalue weighted by molar-refractivity contribution is 6.83. The third kappa shape index (κ3) is 4.94. The minimum Gasteiger partial charge on any atom is -0.306 e. The summed E-state index contributed by atoms with van der Waals surface area (Å²) in [5.74, 6) is 3.55. The van der Waals surface area contributed by atoms with Crippen LogP contribution in [0.4, 0.5) is 16.2 Å². The van der Waals surface area contributed by atoms with Crippen molar-refractivity contribution >= 4 is 31.1 Å². The van der Waals surface area contributed by atoms with Crippen molar-refractivity contribution in [2.24, 2.45) is 0 Å². The minimum atomic E-state index is -1.47. The van der Waals surface area contributed by atoms with E-state index in [0.29, 0.717) is 17.3 Å². The van der Waals surface area contributed by atoms with Gasteiger partial charge in [-0.2, -0.15) is 5.10 Å². The highest BCUT2D eigenvalue weighted by Gasteiger charge is 2.24. The van der Waals surface area contributed by atoms with Crippen LogP contribution in [0.5, 0.6) is 0 Å². The summed E-state index contributed by atoms with van der Waals surface area (Å²) in [5, 5.41) is 10.3. The molecule has 3 aromatic rings. The molecule has 0 saturated heterocycles. The SMILES string of the molecule is Cc1cc(NC(=O)Nc2cnc3ccnn3c2C2CCCC2)cnc1C#C[Si](C)(C)C. The van der Waals surface area contributed by atoms with Crippen molar-refractivity contribution in [1.82, 2.24) is 19.6 Å². The van der Waals surface area contributed by atoms with Gasteiger partial charge in [0, 0.05) is 12.0 Å². The average molecular weight is 433 g/mol. The predicted octanol–water partition coefficient (Wildman–Crippen LogP) is 4.96. The van der Waals surface area contributed by atoms with Crippen LogP contribution >= 0.6 is 0 Å². The summed E-state index contributed by atoms with van der Waals surface area (Å²) in [6, 6.07) is 3.45. The summed E-state index contributed by atoms with van der Waals surface area (Å²) in [4.78, 5) is 21.6. The first-order valence-corrected chi connectivity index (χ1v) is 14.2. The number of carbonyl (C=O) groups excluding carboxylic acids is 1. The van der Waals surface area contributed by atoms with Crippen LogP contribution in [0.2, 0.25) is 19.6 Å². The second kappa shape index (κ2) is 8.51. The molecule has 0 spiro atoms. The summed E-state index contributed by atoms with van der Waals surface area (Å²) >= 11 is 0. The molecule has 7 nitrogen and oxygen atoms in total. The quantitative estimate of drug-likeness (QED) is 0.452. The van der Waals surface area contributed by atoms with E-state index in [-0.39, 0.29) is 6.03 Å². The molecule has 0 radical (unpaired) electrons. The van der Waals surface area contributed by atoms with E-state index in [2.05, 4.69) is 56.8 Å². The summed E-state index contributed by atoms with van der Waals surface area (Å²) in [7, 11) is -1.47. The van der Waals surface area contributed by atoms with Gasteiger partial charge in [0.1, 0.15) is 13.8 Å². The zero-order valence-electron chi connectivity index (χ0n) is 18.5. The molecule has 4 rings (SSSR count). The molecular weight excluding hydrogens is 404 g/mol. The number of anilines is 2. The van der Waals surface area contributed by atoms with Crippen molar-refractivity contribution in [3.8, 4) is 11.5 Å². The third-order valence-electron chi connectivity index (χ3n) is 5.33. The van der Waals surface area contributed by atoms with E-state index in [9.17, 15) is 4.79 Å². The molecule has 2 N–H and O–H groups in total. The molecule has 1 saturated carbocycles. The lowest BCUT2D eigenvalue weighted by molar-refractivity contribution is 0.262. The Morgan fingerprint density at radius 1 is 1.16 bits per heavy atom. The van der Waals surface area contributed by atoms with Gasteiger partial charge < -0.3 is 10.6 Å². The molecule has 0 bridgehead atoms. The molecule has 8 heteroatoms. The largest absolute Gasteiger partial charge is 0.323 e. The summed E-state index contributed by atoms with van der Waals surface area (Å²) < 4.78 is 1.85. The second-order valence-corrected chi connectivity index (χ2v) is 13.9. The van der Waals surface area contributed by atoms with E-state index < -0.39 is 8.07 Å². The van der Waals surface area contributed by atoms with Gasteiger partial charge in [0.25, 0.3) is 0 Å². The molecule has 0 aromatic carbocycles. The zero-order valence-corrected chi connectivity index (χ0v) is 19.5. The molecule has 0 aliphatic heterocycles. The molecule has 0 unspecified atom stereocenters. The standard InChI is InChI=1S/C23H28N6OSi/c1-16-13-18(14-24-19(16)10-12-31(2,3)4)27-23(30)28-20-15-25-21-9-11-26-29(21)22(20)17-7-5-6-8-17/h9,11,13-15,17H,5-8H2,1-4H3,(H2,27,28,30). The van der Waals surface area contributed by atoms with Crippen LogP contribution in [0, 0.1) is 18.4 Å². The number of carbonyl (C=O) groups is 1. The number of nitrogens with one attached hydrogen (secondary N) is 2. The van der Waals surface area contributed by atoms with E-state index >= 15 is 0 Å². The summed E-state index contributed by atoms with van der Waals surface area (Å²) in [6.45, 7) is 8.55. The number of aromatic nitrogens is 4. The number of amides is 2. The van der Waals surface area contributed by atoms with Gasteiger partial charge in [0.2, 0.25) is 0 Å². The fourth-order valence-electron chi connectivity index (χ4n) is 3.88. The normalized spacial score (nSPS) is 14.3. The first-order chi connectivity index (χ1) is 14.8. The molecule has 2 amide bonds. The molecule has 31 heavy (non-hydrogen) atoms. The van der Waals surface area contributed by atoms with Crippen LogP contribution in [0.1, 0.15) is 48.6 Å². The highest BCUT2D eigenvalue weighted by Crippen LogP contribution is 2.37. The average Bonchev–Trinajstić information content (AvgIpc) is 3.38. The Bertz CT molecular complexity index is 1180. The Labute approximate surface area is 183 Å². The van der Waals surface area contributed by atoms with Gasteiger partial charge in [0.15, 0.2) is 5.65 Å². The summed E-state index contributed by atoms with van der Waals surface area (Å²) in [5.41, 5.74) is 8.17. The molecule has 3 aromatic heterocycles. The number of pyridine rings is 1. The smallest absolute Gasteiger partial charge is 0.306 e. The van der Waals surface area contributed by atoms with Crippen LogP contribution in [0.25, 0.3) is 5.65 Å². The van der Waals surface area contributed by atoms with Crippen molar-refractivity contribution in [3.05, 3.63) is 47.7 Å². The van der Waals surface area contributed by atoms with Crippen LogP contribution in [0.15, 0.2) is 30.7 Å². The monoisotopic (exact) mass is 432 g/mol. The van der Waals surface area contributed by atoms with Crippen LogP contribution in [-0.4, -0.2) is 33.7 Å². The minimum absolute atomic E-state index is 0.324. The lowest BCUT2D eigenvalue weighted by Gasteiger charge is -2.17. The van der Waals surface area contributed by atoms with E-state index in [1.807, 2.05) is 23.6 Å². The van der Waals surface area contributed by atoms with Gasteiger partial charge in [-0.15, -0.1) is 5.54 Å². The van der Waals surface area contributed by atoms with Gasteiger partial charge >= 0.3 is 6.03 Å². The first-order valence-electron chi connectivity index (χ1n) is 10.7. The number of urea groups is 1. The lowest BCUT2D eigenvalue weighted by atomic mass is 10.0. The highest BCUT2D eigenvalue weighted by atomic mass is 28.3. The van der Waals surface area contributed by atoms with Gasteiger partial charge in [0.05, 0.1) is 35.7 Å². The Hall–Kier alpha value is -3.18. The van der Waals surface area contributed by atoms with Crippen LogP contribution in [0.3, 0.4) is 0 Å². The van der Waals surface area contributed by atoms with Gasteiger partial charge in [-0.3, -0.25) is 0 Å². The van der Waals surface area contributed by atoms with Gasteiger partial charge in [-0.1, -0.05) is 38.4 Å². The van der Waals surface area contributed by atoms with Crippen molar-refractivity contribution in [2.75, 3.05) is 10.6 Å². The molecule has 160 valence electrons. The molecule has 1 fully saturated rings. The van der Waals surface area contributed by atoms with E-state index in [1.54, 1.807) is 18.6 Å². The van der Waals surface area contributed by atoms with E-state index in [0.717, 1.165) is 35.4 Å². The maximum Gasteiger partial charge on any atom is 0.323 e. The van der Waals surface area contributed by atoms with Gasteiger partial charge in [-0.05, 0) is 31.4 Å².